The standard InChI is InChI=1S/C12H16ClN3O/c13-10-7-8(12(14)15)1-2-11(10)16-5-3-9(17)4-6-16/h1-2,7,9,17H,3-6H2,(H3,14,15). The zero-order valence-corrected chi connectivity index (χ0v) is 10.2. The highest BCUT2D eigenvalue weighted by Gasteiger charge is 2.19. The zero-order chi connectivity index (χ0) is 12.4. The first kappa shape index (κ1) is 12.2. The Morgan fingerprint density at radius 1 is 1.41 bits per heavy atom. The van der Waals surface area contributed by atoms with Gasteiger partial charge in [0.05, 0.1) is 16.8 Å². The molecule has 1 aliphatic heterocycles. The molecule has 1 aromatic rings. The van der Waals surface area contributed by atoms with E-state index < -0.39 is 0 Å². The summed E-state index contributed by atoms with van der Waals surface area (Å²) < 4.78 is 0. The number of anilines is 1. The van der Waals surface area contributed by atoms with E-state index >= 15 is 0 Å². The Bertz CT molecular complexity index is 428. The van der Waals surface area contributed by atoms with Gasteiger partial charge in [0.2, 0.25) is 0 Å². The molecule has 0 aliphatic carbocycles. The maximum absolute atomic E-state index is 9.46. The summed E-state index contributed by atoms with van der Waals surface area (Å²) in [7, 11) is 0. The lowest BCUT2D eigenvalue weighted by Crippen LogP contribution is -2.36. The van der Waals surface area contributed by atoms with Crippen molar-refractivity contribution in [3.63, 3.8) is 0 Å². The summed E-state index contributed by atoms with van der Waals surface area (Å²) in [6.07, 6.45) is 1.34. The fraction of sp³-hybridized carbons (Fsp3) is 0.417. The van der Waals surface area contributed by atoms with Crippen molar-refractivity contribution in [1.29, 1.82) is 5.41 Å². The number of nitrogens with two attached hydrogens (primary N) is 1. The first-order valence-electron chi connectivity index (χ1n) is 5.65. The number of nitrogen functional groups attached to an aromatic ring is 1. The van der Waals surface area contributed by atoms with Crippen molar-refractivity contribution in [2.75, 3.05) is 18.0 Å². The Morgan fingerprint density at radius 3 is 2.59 bits per heavy atom. The van der Waals surface area contributed by atoms with Gasteiger partial charge in [-0.15, -0.1) is 0 Å². The maximum atomic E-state index is 9.46. The van der Waals surface area contributed by atoms with Gasteiger partial charge >= 0.3 is 0 Å². The van der Waals surface area contributed by atoms with Crippen LogP contribution in [0.25, 0.3) is 0 Å². The monoisotopic (exact) mass is 253 g/mol. The molecular formula is C12H16ClN3O. The van der Waals surface area contributed by atoms with Gasteiger partial charge in [-0.2, -0.15) is 0 Å². The summed E-state index contributed by atoms with van der Waals surface area (Å²) in [5.41, 5.74) is 6.99. The number of rotatable bonds is 2. The maximum Gasteiger partial charge on any atom is 0.122 e. The second-order valence-corrected chi connectivity index (χ2v) is 4.71. The van der Waals surface area contributed by atoms with Crippen molar-refractivity contribution < 1.29 is 5.11 Å². The number of halogens is 1. The smallest absolute Gasteiger partial charge is 0.122 e. The van der Waals surface area contributed by atoms with E-state index in [0.29, 0.717) is 10.6 Å². The molecule has 4 nitrogen and oxygen atoms in total. The van der Waals surface area contributed by atoms with E-state index in [0.717, 1.165) is 31.6 Å². The summed E-state index contributed by atoms with van der Waals surface area (Å²) in [4.78, 5) is 2.15. The minimum atomic E-state index is -0.193. The topological polar surface area (TPSA) is 73.3 Å². The molecule has 0 radical (unpaired) electrons. The number of hydrogen-bond donors (Lipinski definition) is 3. The van der Waals surface area contributed by atoms with E-state index in [9.17, 15) is 5.11 Å². The van der Waals surface area contributed by atoms with Crippen LogP contribution in [0.1, 0.15) is 18.4 Å². The molecular weight excluding hydrogens is 238 g/mol. The van der Waals surface area contributed by atoms with E-state index in [2.05, 4.69) is 4.90 Å². The average Bonchev–Trinajstić information content (AvgIpc) is 2.30. The van der Waals surface area contributed by atoms with Gasteiger partial charge in [0.25, 0.3) is 0 Å². The number of benzene rings is 1. The molecule has 1 aromatic carbocycles. The fourth-order valence-electron chi connectivity index (χ4n) is 2.04. The summed E-state index contributed by atoms with van der Waals surface area (Å²) in [6.45, 7) is 1.61. The Morgan fingerprint density at radius 2 is 2.06 bits per heavy atom. The fourth-order valence-corrected chi connectivity index (χ4v) is 2.34. The van der Waals surface area contributed by atoms with Crippen LogP contribution in [0, 0.1) is 5.41 Å². The number of nitrogens with one attached hydrogen (secondary N) is 1. The molecule has 17 heavy (non-hydrogen) atoms. The highest BCUT2D eigenvalue weighted by Crippen LogP contribution is 2.29. The second kappa shape index (κ2) is 4.94. The van der Waals surface area contributed by atoms with Crippen LogP contribution in [-0.2, 0) is 0 Å². The van der Waals surface area contributed by atoms with E-state index in [4.69, 9.17) is 22.7 Å². The van der Waals surface area contributed by atoms with Crippen molar-refractivity contribution in [1.82, 2.24) is 0 Å². The number of nitrogens with zero attached hydrogens (tertiary/aromatic N) is 1. The number of aliphatic hydroxyl groups excluding tert-OH is 1. The average molecular weight is 254 g/mol. The quantitative estimate of drug-likeness (QED) is 0.554. The van der Waals surface area contributed by atoms with Gasteiger partial charge in [0, 0.05) is 18.7 Å². The van der Waals surface area contributed by atoms with Crippen LogP contribution < -0.4 is 10.6 Å². The predicted octanol–water partition coefficient (Wildman–Crippen LogP) is 1.59. The summed E-state index contributed by atoms with van der Waals surface area (Å²) >= 11 is 6.19. The first-order valence-corrected chi connectivity index (χ1v) is 6.02. The van der Waals surface area contributed by atoms with Crippen molar-refractivity contribution in [2.45, 2.75) is 18.9 Å². The third-order valence-electron chi connectivity index (χ3n) is 3.06. The van der Waals surface area contributed by atoms with Gasteiger partial charge in [-0.3, -0.25) is 5.41 Å². The van der Waals surface area contributed by atoms with E-state index in [1.165, 1.54) is 0 Å². The molecule has 5 heteroatoms. The van der Waals surface area contributed by atoms with Crippen molar-refractivity contribution in [2.24, 2.45) is 5.73 Å². The van der Waals surface area contributed by atoms with Gasteiger partial charge in [-0.05, 0) is 31.0 Å². The molecule has 0 bridgehead atoms. The Hall–Kier alpha value is -1.26. The van der Waals surface area contributed by atoms with E-state index in [1.54, 1.807) is 12.1 Å². The van der Waals surface area contributed by atoms with Crippen LogP contribution in [-0.4, -0.2) is 30.1 Å². The SMILES string of the molecule is N=C(N)c1ccc(N2CCC(O)CC2)c(Cl)c1. The molecule has 0 amide bonds. The lowest BCUT2D eigenvalue weighted by molar-refractivity contribution is 0.145. The van der Waals surface area contributed by atoms with Gasteiger partial charge in [-0.1, -0.05) is 11.6 Å². The molecule has 1 heterocycles. The molecule has 92 valence electrons. The molecule has 0 aromatic heterocycles. The number of piperidine rings is 1. The summed E-state index contributed by atoms with van der Waals surface area (Å²) in [6, 6.07) is 5.40. The third-order valence-corrected chi connectivity index (χ3v) is 3.37. The highest BCUT2D eigenvalue weighted by molar-refractivity contribution is 6.33. The molecule has 2 rings (SSSR count). The molecule has 4 N–H and O–H groups in total. The normalized spacial score (nSPS) is 17.2. The van der Waals surface area contributed by atoms with Crippen LogP contribution in [0.4, 0.5) is 5.69 Å². The number of aliphatic hydroxyl groups is 1. The Balaban J connectivity index is 2.19. The lowest BCUT2D eigenvalue weighted by atomic mass is 10.1. The summed E-state index contributed by atoms with van der Waals surface area (Å²) in [5.74, 6) is 0.0208. The minimum absolute atomic E-state index is 0.0208. The Labute approximate surface area is 105 Å². The molecule has 0 atom stereocenters. The number of hydrogen-bond acceptors (Lipinski definition) is 3. The van der Waals surface area contributed by atoms with Crippen LogP contribution in [0.5, 0.6) is 0 Å². The van der Waals surface area contributed by atoms with Crippen LogP contribution in [0.3, 0.4) is 0 Å². The molecule has 1 fully saturated rings. The van der Waals surface area contributed by atoms with Crippen LogP contribution >= 0.6 is 11.6 Å². The van der Waals surface area contributed by atoms with Gasteiger partial charge in [0.15, 0.2) is 0 Å². The molecule has 0 spiro atoms. The molecule has 0 saturated carbocycles. The van der Waals surface area contributed by atoms with Crippen LogP contribution in [0.15, 0.2) is 18.2 Å². The van der Waals surface area contributed by atoms with Crippen molar-refractivity contribution in [3.05, 3.63) is 28.8 Å². The van der Waals surface area contributed by atoms with Gasteiger partial charge in [0.1, 0.15) is 5.84 Å². The first-order chi connectivity index (χ1) is 8.08. The third kappa shape index (κ3) is 2.70. The van der Waals surface area contributed by atoms with Crippen molar-refractivity contribution >= 4 is 23.1 Å². The minimum Gasteiger partial charge on any atom is -0.393 e. The second-order valence-electron chi connectivity index (χ2n) is 4.30. The van der Waals surface area contributed by atoms with Gasteiger partial charge in [-0.25, -0.2) is 0 Å². The van der Waals surface area contributed by atoms with E-state index in [1.807, 2.05) is 6.07 Å². The van der Waals surface area contributed by atoms with Crippen molar-refractivity contribution in [3.8, 4) is 0 Å². The molecule has 1 aliphatic rings. The summed E-state index contributed by atoms with van der Waals surface area (Å²) in [5, 5.41) is 17.4. The predicted molar refractivity (Wildman–Crippen MR) is 69.9 cm³/mol. The van der Waals surface area contributed by atoms with Gasteiger partial charge < -0.3 is 15.7 Å². The Kier molecular flexibility index (Phi) is 3.54. The van der Waals surface area contributed by atoms with Crippen LogP contribution in [0.2, 0.25) is 5.02 Å². The zero-order valence-electron chi connectivity index (χ0n) is 9.49. The largest absolute Gasteiger partial charge is 0.393 e. The molecule has 0 unspecified atom stereocenters. The number of amidine groups is 1. The lowest BCUT2D eigenvalue weighted by Gasteiger charge is -2.32. The molecule has 1 saturated heterocycles. The van der Waals surface area contributed by atoms with E-state index in [-0.39, 0.29) is 11.9 Å². The highest BCUT2D eigenvalue weighted by atomic mass is 35.5.